The fourth-order valence-corrected chi connectivity index (χ4v) is 3.55. The molecule has 0 N–H and O–H groups in total. The van der Waals surface area contributed by atoms with Crippen molar-refractivity contribution in [3.05, 3.63) is 71.8 Å². The zero-order valence-corrected chi connectivity index (χ0v) is 12.2. The van der Waals surface area contributed by atoms with Crippen LogP contribution < -0.4 is 0 Å². The summed E-state index contributed by atoms with van der Waals surface area (Å²) in [6.45, 7) is 3.43. The Morgan fingerprint density at radius 3 is 2.20 bits per heavy atom. The summed E-state index contributed by atoms with van der Waals surface area (Å²) in [6, 6.07) is 23.2. The molecule has 1 aliphatic heterocycles. The first-order valence-corrected chi connectivity index (χ1v) is 7.73. The van der Waals surface area contributed by atoms with Crippen LogP contribution in [0, 0.1) is 0 Å². The van der Waals surface area contributed by atoms with Gasteiger partial charge in [0.2, 0.25) is 0 Å². The van der Waals surface area contributed by atoms with E-state index in [4.69, 9.17) is 0 Å². The van der Waals surface area contributed by atoms with Crippen LogP contribution in [0.3, 0.4) is 0 Å². The smallest absolute Gasteiger partial charge is 0.0351 e. The van der Waals surface area contributed by atoms with Crippen LogP contribution in [-0.4, -0.2) is 17.5 Å². The summed E-state index contributed by atoms with van der Waals surface area (Å²) in [6.07, 6.45) is 3.77. The van der Waals surface area contributed by atoms with Crippen molar-refractivity contribution in [1.29, 1.82) is 0 Å². The predicted molar refractivity (Wildman–Crippen MR) is 84.7 cm³/mol. The molecule has 0 unspecified atom stereocenters. The van der Waals surface area contributed by atoms with Gasteiger partial charge in [-0.25, -0.2) is 0 Å². The third-order valence-corrected chi connectivity index (χ3v) is 4.51. The van der Waals surface area contributed by atoms with Crippen molar-refractivity contribution in [2.45, 2.75) is 38.3 Å². The molecule has 0 spiro atoms. The molecule has 104 valence electrons. The molecule has 1 saturated heterocycles. The van der Waals surface area contributed by atoms with Gasteiger partial charge in [0, 0.05) is 12.1 Å². The Morgan fingerprint density at radius 1 is 0.900 bits per heavy atom. The Labute approximate surface area is 122 Å². The molecule has 0 saturated carbocycles. The molecule has 2 aromatic rings. The molecule has 20 heavy (non-hydrogen) atoms. The fraction of sp³-hybridized carbons (Fsp3) is 0.368. The maximum absolute atomic E-state index is 2.68. The van der Waals surface area contributed by atoms with Crippen molar-refractivity contribution in [3.63, 3.8) is 0 Å². The van der Waals surface area contributed by atoms with Gasteiger partial charge in [0.25, 0.3) is 0 Å². The summed E-state index contributed by atoms with van der Waals surface area (Å²) < 4.78 is 0. The molecule has 1 heterocycles. The van der Waals surface area contributed by atoms with Gasteiger partial charge < -0.3 is 0 Å². The van der Waals surface area contributed by atoms with E-state index < -0.39 is 0 Å². The molecule has 0 radical (unpaired) electrons. The molecule has 0 bridgehead atoms. The highest BCUT2D eigenvalue weighted by Crippen LogP contribution is 2.36. The molecule has 1 heteroatoms. The van der Waals surface area contributed by atoms with E-state index in [1.807, 2.05) is 0 Å². The largest absolute Gasteiger partial charge is 0.293 e. The Kier molecular flexibility index (Phi) is 4.17. The normalized spacial score (nSPS) is 23.1. The number of likely N-dealkylation sites (N-methyl/N-ethyl adjacent to an activating group) is 1. The van der Waals surface area contributed by atoms with Crippen LogP contribution in [-0.2, 0) is 6.42 Å². The minimum atomic E-state index is 0.606. The third kappa shape index (κ3) is 2.78. The van der Waals surface area contributed by atoms with E-state index in [0.29, 0.717) is 12.1 Å². The van der Waals surface area contributed by atoms with Crippen molar-refractivity contribution >= 4 is 0 Å². The van der Waals surface area contributed by atoms with Crippen molar-refractivity contribution in [2.75, 3.05) is 6.54 Å². The summed E-state index contributed by atoms with van der Waals surface area (Å²) >= 11 is 0. The molecule has 1 aliphatic rings. The molecule has 0 aliphatic carbocycles. The first-order valence-electron chi connectivity index (χ1n) is 7.73. The van der Waals surface area contributed by atoms with Crippen molar-refractivity contribution in [3.8, 4) is 0 Å². The third-order valence-electron chi connectivity index (χ3n) is 4.51. The highest BCUT2D eigenvalue weighted by molar-refractivity contribution is 5.22. The van der Waals surface area contributed by atoms with Crippen LogP contribution in [0.25, 0.3) is 0 Å². The minimum Gasteiger partial charge on any atom is -0.293 e. The predicted octanol–water partition coefficient (Wildman–Crippen LogP) is 4.45. The quantitative estimate of drug-likeness (QED) is 0.789. The Morgan fingerprint density at radius 2 is 1.55 bits per heavy atom. The van der Waals surface area contributed by atoms with Crippen LogP contribution in [0.5, 0.6) is 0 Å². The van der Waals surface area contributed by atoms with Crippen LogP contribution in [0.4, 0.5) is 0 Å². The van der Waals surface area contributed by atoms with Gasteiger partial charge >= 0.3 is 0 Å². The van der Waals surface area contributed by atoms with Crippen LogP contribution >= 0.6 is 0 Å². The van der Waals surface area contributed by atoms with E-state index in [2.05, 4.69) is 72.5 Å². The highest BCUT2D eigenvalue weighted by atomic mass is 15.2. The van der Waals surface area contributed by atoms with Crippen molar-refractivity contribution in [1.82, 2.24) is 4.90 Å². The maximum atomic E-state index is 2.68. The number of likely N-dealkylation sites (tertiary alicyclic amines) is 1. The molecule has 0 aromatic heterocycles. The average molecular weight is 265 g/mol. The van der Waals surface area contributed by atoms with E-state index in [9.17, 15) is 0 Å². The highest BCUT2D eigenvalue weighted by Gasteiger charge is 2.32. The molecule has 1 nitrogen and oxygen atoms in total. The second-order valence-electron chi connectivity index (χ2n) is 5.68. The summed E-state index contributed by atoms with van der Waals surface area (Å²) in [4.78, 5) is 2.68. The van der Waals surface area contributed by atoms with Gasteiger partial charge in [0.15, 0.2) is 0 Å². The summed E-state index contributed by atoms with van der Waals surface area (Å²) in [5.74, 6) is 0. The second kappa shape index (κ2) is 6.23. The lowest BCUT2D eigenvalue weighted by molar-refractivity contribution is 0.203. The van der Waals surface area contributed by atoms with E-state index in [1.54, 1.807) is 0 Å². The van der Waals surface area contributed by atoms with Gasteiger partial charge in [-0.2, -0.15) is 0 Å². The average Bonchev–Trinajstić information content (AvgIpc) is 2.92. The SMILES string of the molecule is CCN1[C@H](Cc2ccccc2)CC[C@H]1c1ccccc1. The minimum absolute atomic E-state index is 0.606. The second-order valence-corrected chi connectivity index (χ2v) is 5.68. The van der Waals surface area contributed by atoms with Crippen molar-refractivity contribution < 1.29 is 0 Å². The van der Waals surface area contributed by atoms with Gasteiger partial charge in [-0.15, -0.1) is 0 Å². The number of hydrogen-bond donors (Lipinski definition) is 0. The van der Waals surface area contributed by atoms with E-state index >= 15 is 0 Å². The van der Waals surface area contributed by atoms with Gasteiger partial charge in [0.1, 0.15) is 0 Å². The zero-order chi connectivity index (χ0) is 13.8. The topological polar surface area (TPSA) is 3.24 Å². The lowest BCUT2D eigenvalue weighted by Gasteiger charge is -2.29. The fourth-order valence-electron chi connectivity index (χ4n) is 3.55. The lowest BCUT2D eigenvalue weighted by Crippen LogP contribution is -2.32. The zero-order valence-electron chi connectivity index (χ0n) is 12.2. The van der Waals surface area contributed by atoms with Gasteiger partial charge in [-0.1, -0.05) is 67.6 Å². The molecule has 2 atom stereocenters. The van der Waals surface area contributed by atoms with Crippen LogP contribution in [0.15, 0.2) is 60.7 Å². The number of benzene rings is 2. The van der Waals surface area contributed by atoms with E-state index in [1.165, 1.54) is 30.4 Å². The molecule has 3 rings (SSSR count). The maximum Gasteiger partial charge on any atom is 0.0351 e. The molecule has 2 aromatic carbocycles. The van der Waals surface area contributed by atoms with E-state index in [-0.39, 0.29) is 0 Å². The van der Waals surface area contributed by atoms with Crippen molar-refractivity contribution in [2.24, 2.45) is 0 Å². The van der Waals surface area contributed by atoms with Crippen LogP contribution in [0.1, 0.15) is 36.9 Å². The first-order chi connectivity index (χ1) is 9.88. The monoisotopic (exact) mass is 265 g/mol. The Balaban J connectivity index is 1.75. The molecular formula is C19H23N. The van der Waals surface area contributed by atoms with Gasteiger partial charge in [-0.3, -0.25) is 4.90 Å². The van der Waals surface area contributed by atoms with Gasteiger partial charge in [-0.05, 0) is 36.9 Å². The summed E-state index contributed by atoms with van der Waals surface area (Å²) in [5, 5.41) is 0. The van der Waals surface area contributed by atoms with E-state index in [0.717, 1.165) is 6.54 Å². The molecular weight excluding hydrogens is 242 g/mol. The van der Waals surface area contributed by atoms with Gasteiger partial charge in [0.05, 0.1) is 0 Å². The summed E-state index contributed by atoms with van der Waals surface area (Å²) in [5.41, 5.74) is 2.94. The number of hydrogen-bond acceptors (Lipinski definition) is 1. The molecule has 0 amide bonds. The van der Waals surface area contributed by atoms with Crippen LogP contribution in [0.2, 0.25) is 0 Å². The Hall–Kier alpha value is -1.60. The lowest BCUT2D eigenvalue weighted by atomic mass is 10.0. The number of rotatable bonds is 4. The first kappa shape index (κ1) is 13.4. The summed E-state index contributed by atoms with van der Waals surface area (Å²) in [7, 11) is 0. The standard InChI is InChI=1S/C19H23N/c1-2-20-18(15-16-9-5-3-6-10-16)13-14-19(20)17-11-7-4-8-12-17/h3-12,18-19H,2,13-15H2,1H3/t18-,19-/m0/s1. The molecule has 1 fully saturated rings. The number of nitrogens with zero attached hydrogens (tertiary/aromatic N) is 1. The Bertz CT molecular complexity index is 520.